The Bertz CT molecular complexity index is 1260. The highest BCUT2D eigenvalue weighted by Crippen LogP contribution is 2.65. The molecule has 4 aliphatic rings. The number of hydrogen-bond donors (Lipinski definition) is 2. The third-order valence-electron chi connectivity index (χ3n) is 6.86. The molecular formula is C22H20ClFN4O4. The number of aliphatic hydroxyl groups excluding tert-OH is 1. The predicted molar refractivity (Wildman–Crippen MR) is 112 cm³/mol. The molecule has 2 bridgehead atoms. The molecule has 1 aliphatic heterocycles. The van der Waals surface area contributed by atoms with Crippen molar-refractivity contribution in [2.45, 2.75) is 49.0 Å². The van der Waals surface area contributed by atoms with Crippen LogP contribution in [0.25, 0.3) is 10.9 Å². The lowest BCUT2D eigenvalue weighted by Gasteiger charge is -2.70. The molecule has 10 heteroatoms. The molecule has 0 spiro atoms. The van der Waals surface area contributed by atoms with E-state index < -0.39 is 18.0 Å². The van der Waals surface area contributed by atoms with Crippen molar-refractivity contribution in [3.05, 3.63) is 47.0 Å². The van der Waals surface area contributed by atoms with Gasteiger partial charge < -0.3 is 19.9 Å². The topological polar surface area (TPSA) is 98.5 Å². The summed E-state index contributed by atoms with van der Waals surface area (Å²) in [7, 11) is 1.57. The van der Waals surface area contributed by atoms with E-state index in [0.29, 0.717) is 11.4 Å². The first kappa shape index (κ1) is 19.8. The summed E-state index contributed by atoms with van der Waals surface area (Å²) in [5.41, 5.74) is 0.773. The van der Waals surface area contributed by atoms with E-state index in [1.807, 2.05) is 16.9 Å². The number of fused-ring (bicyclic) bond motifs is 2. The highest BCUT2D eigenvalue weighted by molar-refractivity contribution is 6.30. The van der Waals surface area contributed by atoms with Crippen LogP contribution < -0.4 is 14.8 Å². The van der Waals surface area contributed by atoms with E-state index in [-0.39, 0.29) is 34.2 Å². The monoisotopic (exact) mass is 458 g/mol. The number of methoxy groups -OCH3 is 1. The van der Waals surface area contributed by atoms with Gasteiger partial charge >= 0.3 is 0 Å². The molecule has 32 heavy (non-hydrogen) atoms. The Hall–Kier alpha value is -2.91. The lowest BCUT2D eigenvalue weighted by Crippen LogP contribution is -2.79. The summed E-state index contributed by atoms with van der Waals surface area (Å²) >= 11 is 5.80. The molecule has 0 radical (unpaired) electrons. The zero-order chi connectivity index (χ0) is 22.3. The molecule has 0 unspecified atom stereocenters. The van der Waals surface area contributed by atoms with E-state index in [1.54, 1.807) is 13.3 Å². The minimum Gasteiger partial charge on any atom is -0.481 e. The van der Waals surface area contributed by atoms with Crippen molar-refractivity contribution in [1.82, 2.24) is 20.1 Å². The number of nitrogens with zero attached hydrogens (tertiary/aromatic N) is 3. The van der Waals surface area contributed by atoms with Crippen LogP contribution in [0.5, 0.6) is 11.6 Å². The van der Waals surface area contributed by atoms with Crippen LogP contribution in [0.3, 0.4) is 0 Å². The van der Waals surface area contributed by atoms with Crippen LogP contribution >= 0.6 is 11.6 Å². The third-order valence-corrected chi connectivity index (χ3v) is 7.15. The number of ether oxygens (including phenoxy) is 2. The van der Waals surface area contributed by atoms with Gasteiger partial charge in [0.25, 0.3) is 5.91 Å². The van der Waals surface area contributed by atoms with Gasteiger partial charge in [0.15, 0.2) is 6.10 Å². The number of aromatic nitrogens is 3. The van der Waals surface area contributed by atoms with Gasteiger partial charge in [-0.2, -0.15) is 5.10 Å². The number of carbonyl (C=O) groups is 1. The van der Waals surface area contributed by atoms with Crippen molar-refractivity contribution < 1.29 is 23.8 Å². The van der Waals surface area contributed by atoms with Gasteiger partial charge in [-0.1, -0.05) is 11.6 Å². The lowest BCUT2D eigenvalue weighted by atomic mass is 9.44. The van der Waals surface area contributed by atoms with Crippen LogP contribution in [0.2, 0.25) is 5.02 Å². The Morgan fingerprint density at radius 1 is 1.38 bits per heavy atom. The molecule has 7 rings (SSSR count). The Morgan fingerprint density at radius 3 is 2.91 bits per heavy atom. The van der Waals surface area contributed by atoms with Gasteiger partial charge in [-0.3, -0.25) is 9.48 Å². The van der Waals surface area contributed by atoms with Crippen LogP contribution in [-0.2, 0) is 10.3 Å². The van der Waals surface area contributed by atoms with Crippen molar-refractivity contribution in [1.29, 1.82) is 0 Å². The average molecular weight is 459 g/mol. The summed E-state index contributed by atoms with van der Waals surface area (Å²) in [5, 5.41) is 19.0. The van der Waals surface area contributed by atoms with Crippen LogP contribution in [0.1, 0.15) is 37.4 Å². The minimum atomic E-state index is -0.950. The Labute approximate surface area is 187 Å². The van der Waals surface area contributed by atoms with Crippen molar-refractivity contribution >= 4 is 28.4 Å². The maximum absolute atomic E-state index is 13.8. The van der Waals surface area contributed by atoms with Crippen LogP contribution in [0.4, 0.5) is 4.39 Å². The van der Waals surface area contributed by atoms with E-state index in [2.05, 4.69) is 15.4 Å². The standard InChI is InChI=1S/C22H20ClFN4O4/c1-31-19-2-11-7-28(27-15(11)6-25-19)22-8-21(9-22,10-22)26-20(30)18-5-16(29)12-3-13(23)14(24)4-17(12)32-18/h2-4,6-7,16,18,29H,5,8-10H2,1H3,(H,26,30)/t16-,18-,21?,22?/m1/s1. The molecule has 3 fully saturated rings. The van der Waals surface area contributed by atoms with Gasteiger partial charge in [-0.25, -0.2) is 9.37 Å². The molecule has 3 heterocycles. The number of carbonyl (C=O) groups excluding carboxylic acids is 1. The van der Waals surface area contributed by atoms with Crippen molar-refractivity contribution in [2.24, 2.45) is 0 Å². The second-order valence-electron chi connectivity index (χ2n) is 9.05. The Kier molecular flexibility index (Phi) is 4.04. The number of amides is 1. The molecular weight excluding hydrogens is 439 g/mol. The largest absolute Gasteiger partial charge is 0.481 e. The molecule has 166 valence electrons. The summed E-state index contributed by atoms with van der Waals surface area (Å²) in [6.45, 7) is 0. The highest BCUT2D eigenvalue weighted by Gasteiger charge is 2.70. The van der Waals surface area contributed by atoms with E-state index in [1.165, 1.54) is 6.07 Å². The Morgan fingerprint density at radius 2 is 2.16 bits per heavy atom. The molecule has 8 nitrogen and oxygen atoms in total. The normalized spacial score (nSPS) is 30.0. The molecule has 1 aromatic carbocycles. The molecule has 3 aromatic rings. The fourth-order valence-corrected chi connectivity index (χ4v) is 5.48. The summed E-state index contributed by atoms with van der Waals surface area (Å²) < 4.78 is 26.7. The maximum Gasteiger partial charge on any atom is 0.261 e. The van der Waals surface area contributed by atoms with Crippen molar-refractivity contribution in [2.75, 3.05) is 7.11 Å². The molecule has 0 saturated heterocycles. The van der Waals surface area contributed by atoms with E-state index >= 15 is 0 Å². The first-order valence-electron chi connectivity index (χ1n) is 10.4. The highest BCUT2D eigenvalue weighted by atomic mass is 35.5. The number of halogens is 2. The predicted octanol–water partition coefficient (Wildman–Crippen LogP) is 2.86. The minimum absolute atomic E-state index is 0.0847. The van der Waals surface area contributed by atoms with Crippen molar-refractivity contribution in [3.63, 3.8) is 0 Å². The van der Waals surface area contributed by atoms with Gasteiger partial charge in [0.05, 0.1) is 30.0 Å². The fourth-order valence-electron chi connectivity index (χ4n) is 5.31. The number of benzene rings is 1. The van der Waals surface area contributed by atoms with Gasteiger partial charge in [0.2, 0.25) is 5.88 Å². The number of pyridine rings is 1. The zero-order valence-electron chi connectivity index (χ0n) is 17.1. The quantitative estimate of drug-likeness (QED) is 0.624. The van der Waals surface area contributed by atoms with E-state index in [9.17, 15) is 14.3 Å². The molecule has 1 amide bonds. The molecule has 3 saturated carbocycles. The molecule has 3 aliphatic carbocycles. The SMILES string of the molecule is COc1cc2cn(C34CC(NC(=O)[C@H]5C[C@@H](O)c6cc(Cl)c(F)cc6O5)(C3)C4)nc2cn1. The van der Waals surface area contributed by atoms with Gasteiger partial charge in [0.1, 0.15) is 17.1 Å². The van der Waals surface area contributed by atoms with Crippen LogP contribution in [0.15, 0.2) is 30.6 Å². The number of aliphatic hydroxyl groups is 1. The Balaban J connectivity index is 1.14. The zero-order valence-corrected chi connectivity index (χ0v) is 17.9. The first-order chi connectivity index (χ1) is 15.3. The lowest BCUT2D eigenvalue weighted by molar-refractivity contribution is -0.164. The fraction of sp³-hybridized carbons (Fsp3) is 0.409. The average Bonchev–Trinajstić information content (AvgIpc) is 3.13. The molecule has 2 N–H and O–H groups in total. The number of nitrogens with one attached hydrogen (secondary N) is 1. The third kappa shape index (κ3) is 2.80. The second-order valence-corrected chi connectivity index (χ2v) is 9.45. The van der Waals surface area contributed by atoms with Gasteiger partial charge in [-0.15, -0.1) is 0 Å². The molecule has 2 aromatic heterocycles. The maximum atomic E-state index is 13.8. The summed E-state index contributed by atoms with van der Waals surface area (Å²) in [6, 6.07) is 4.30. The van der Waals surface area contributed by atoms with Crippen LogP contribution in [-0.4, -0.2) is 44.5 Å². The number of hydrogen-bond acceptors (Lipinski definition) is 6. The summed E-state index contributed by atoms with van der Waals surface area (Å²) in [6.07, 6.45) is 4.21. The van der Waals surface area contributed by atoms with Gasteiger partial charge in [-0.05, 0) is 25.3 Å². The van der Waals surface area contributed by atoms with E-state index in [4.69, 9.17) is 21.1 Å². The van der Waals surface area contributed by atoms with E-state index in [0.717, 1.165) is 36.2 Å². The van der Waals surface area contributed by atoms with Gasteiger partial charge in [0, 0.05) is 41.2 Å². The molecule has 2 atom stereocenters. The van der Waals surface area contributed by atoms with Crippen LogP contribution in [0, 0.1) is 5.82 Å². The first-order valence-corrected chi connectivity index (χ1v) is 10.7. The summed E-state index contributed by atoms with van der Waals surface area (Å²) in [5.74, 6) is -0.277. The number of rotatable bonds is 4. The second kappa shape index (κ2) is 6.55. The van der Waals surface area contributed by atoms with Crippen molar-refractivity contribution in [3.8, 4) is 11.6 Å². The smallest absolute Gasteiger partial charge is 0.261 e. The summed E-state index contributed by atoms with van der Waals surface area (Å²) in [4.78, 5) is 17.1.